The fraction of sp³-hybridized carbons (Fsp3) is 0.280. The maximum absolute atomic E-state index is 12.9. The summed E-state index contributed by atoms with van der Waals surface area (Å²) in [6.07, 6.45) is 3.51. The zero-order valence-corrected chi connectivity index (χ0v) is 18.8. The van der Waals surface area contributed by atoms with Gasteiger partial charge in [-0.15, -0.1) is 11.3 Å². The van der Waals surface area contributed by atoms with E-state index >= 15 is 0 Å². The lowest BCUT2D eigenvalue weighted by atomic mass is 9.90. The van der Waals surface area contributed by atoms with Crippen LogP contribution in [0.1, 0.15) is 24.2 Å². The second kappa shape index (κ2) is 8.95. The Balaban J connectivity index is 1.27. The van der Waals surface area contributed by atoms with Crippen molar-refractivity contribution in [3.8, 4) is 11.1 Å². The molecule has 5 rings (SSSR count). The molecule has 0 spiro atoms. The standard InChI is InChI=1S/C25H24ClN3OS/c26-20-8-6-19(7-9-20)21-16-31-25-23(21)24(30)27-22(28-25)15-29-12-10-18(11-13-29)14-17-4-2-1-3-5-17/h1-9,16,18H,10-15H2,(H,27,28,30). The third kappa shape index (κ3) is 4.59. The summed E-state index contributed by atoms with van der Waals surface area (Å²) in [6, 6.07) is 18.3. The molecule has 158 valence electrons. The van der Waals surface area contributed by atoms with E-state index in [4.69, 9.17) is 16.6 Å². The summed E-state index contributed by atoms with van der Waals surface area (Å²) in [6.45, 7) is 2.77. The molecule has 2 aromatic carbocycles. The number of benzene rings is 2. The van der Waals surface area contributed by atoms with Gasteiger partial charge in [-0.2, -0.15) is 0 Å². The molecule has 1 aliphatic rings. The maximum Gasteiger partial charge on any atom is 0.260 e. The third-order valence-corrected chi connectivity index (χ3v) is 7.22. The van der Waals surface area contributed by atoms with Crippen LogP contribution >= 0.6 is 22.9 Å². The van der Waals surface area contributed by atoms with Crippen molar-refractivity contribution in [3.05, 3.63) is 86.7 Å². The Morgan fingerprint density at radius 2 is 1.81 bits per heavy atom. The first-order valence-corrected chi connectivity index (χ1v) is 11.9. The quantitative estimate of drug-likeness (QED) is 0.421. The highest BCUT2D eigenvalue weighted by Gasteiger charge is 2.21. The molecule has 0 atom stereocenters. The van der Waals surface area contributed by atoms with Crippen molar-refractivity contribution in [1.29, 1.82) is 0 Å². The monoisotopic (exact) mass is 449 g/mol. The molecule has 0 bridgehead atoms. The lowest BCUT2D eigenvalue weighted by Crippen LogP contribution is -2.34. The number of thiophene rings is 1. The van der Waals surface area contributed by atoms with Gasteiger partial charge < -0.3 is 4.98 Å². The minimum Gasteiger partial charge on any atom is -0.309 e. The molecule has 1 aliphatic heterocycles. The van der Waals surface area contributed by atoms with Gasteiger partial charge in [0.1, 0.15) is 10.7 Å². The van der Waals surface area contributed by atoms with E-state index in [-0.39, 0.29) is 5.56 Å². The molecule has 1 saturated heterocycles. The highest BCUT2D eigenvalue weighted by Crippen LogP contribution is 2.31. The second-order valence-corrected chi connectivity index (χ2v) is 9.55. The first kappa shape index (κ1) is 20.4. The van der Waals surface area contributed by atoms with E-state index in [1.807, 2.05) is 29.6 Å². The van der Waals surface area contributed by atoms with Gasteiger partial charge in [-0.25, -0.2) is 4.98 Å². The lowest BCUT2D eigenvalue weighted by molar-refractivity contribution is 0.173. The lowest BCUT2D eigenvalue weighted by Gasteiger charge is -2.31. The van der Waals surface area contributed by atoms with Gasteiger partial charge in [0.2, 0.25) is 0 Å². The molecule has 1 N–H and O–H groups in total. The highest BCUT2D eigenvalue weighted by molar-refractivity contribution is 7.17. The van der Waals surface area contributed by atoms with Crippen LogP contribution in [0.25, 0.3) is 21.3 Å². The number of nitrogens with one attached hydrogen (secondary N) is 1. The Labute approximate surface area is 190 Å². The number of aromatic nitrogens is 2. The molecule has 3 heterocycles. The number of fused-ring (bicyclic) bond motifs is 1. The minimum absolute atomic E-state index is 0.0647. The molecular weight excluding hydrogens is 426 g/mol. The van der Waals surface area contributed by atoms with Crippen LogP contribution in [0.5, 0.6) is 0 Å². The van der Waals surface area contributed by atoms with Gasteiger partial charge in [-0.1, -0.05) is 54.1 Å². The number of hydrogen-bond acceptors (Lipinski definition) is 4. The van der Waals surface area contributed by atoms with Crippen LogP contribution in [0.4, 0.5) is 0 Å². The summed E-state index contributed by atoms with van der Waals surface area (Å²) in [5, 5.41) is 3.36. The van der Waals surface area contributed by atoms with Gasteiger partial charge in [-0.3, -0.25) is 9.69 Å². The van der Waals surface area contributed by atoms with Gasteiger partial charge in [0.25, 0.3) is 5.56 Å². The summed E-state index contributed by atoms with van der Waals surface area (Å²) in [4.78, 5) is 23.9. The number of H-pyrrole nitrogens is 1. The molecule has 0 aliphatic carbocycles. The Morgan fingerprint density at radius 3 is 2.55 bits per heavy atom. The molecule has 1 fully saturated rings. The largest absolute Gasteiger partial charge is 0.309 e. The summed E-state index contributed by atoms with van der Waals surface area (Å²) < 4.78 is 0. The Hall–Kier alpha value is -2.47. The summed E-state index contributed by atoms with van der Waals surface area (Å²) >= 11 is 7.53. The topological polar surface area (TPSA) is 49.0 Å². The number of aromatic amines is 1. The van der Waals surface area contributed by atoms with Gasteiger partial charge >= 0.3 is 0 Å². The molecule has 0 amide bonds. The van der Waals surface area contributed by atoms with Gasteiger partial charge in [0.05, 0.1) is 11.9 Å². The number of halogens is 1. The predicted octanol–water partition coefficient (Wildman–Crippen LogP) is 5.76. The van der Waals surface area contributed by atoms with E-state index in [1.54, 1.807) is 0 Å². The molecule has 2 aromatic heterocycles. The van der Waals surface area contributed by atoms with E-state index in [0.29, 0.717) is 17.0 Å². The zero-order valence-electron chi connectivity index (χ0n) is 17.2. The molecule has 0 unspecified atom stereocenters. The van der Waals surface area contributed by atoms with E-state index in [2.05, 4.69) is 40.2 Å². The van der Waals surface area contributed by atoms with Crippen LogP contribution < -0.4 is 5.56 Å². The fourth-order valence-corrected chi connectivity index (χ4v) is 5.51. The third-order valence-electron chi connectivity index (χ3n) is 6.10. The van der Waals surface area contributed by atoms with Crippen molar-refractivity contribution >= 4 is 33.2 Å². The number of rotatable bonds is 5. The fourth-order valence-electron chi connectivity index (χ4n) is 4.42. The Bertz CT molecular complexity index is 1230. The maximum atomic E-state index is 12.9. The zero-order chi connectivity index (χ0) is 21.2. The summed E-state index contributed by atoms with van der Waals surface area (Å²) in [5.41, 5.74) is 3.26. The van der Waals surface area contributed by atoms with Crippen molar-refractivity contribution in [1.82, 2.24) is 14.9 Å². The smallest absolute Gasteiger partial charge is 0.260 e. The molecule has 0 radical (unpaired) electrons. The van der Waals surface area contributed by atoms with Crippen LogP contribution in [0.15, 0.2) is 64.8 Å². The van der Waals surface area contributed by atoms with Crippen LogP contribution in [0, 0.1) is 5.92 Å². The number of piperidine rings is 1. The van der Waals surface area contributed by atoms with Crippen molar-refractivity contribution in [2.45, 2.75) is 25.8 Å². The normalized spacial score (nSPS) is 15.5. The second-order valence-electron chi connectivity index (χ2n) is 8.26. The van der Waals surface area contributed by atoms with E-state index in [1.165, 1.54) is 29.7 Å². The van der Waals surface area contributed by atoms with Gasteiger partial charge in [-0.05, 0) is 61.5 Å². The Kier molecular flexibility index (Phi) is 5.90. The Morgan fingerprint density at radius 1 is 1.06 bits per heavy atom. The number of hydrogen-bond donors (Lipinski definition) is 1. The molecular formula is C25H24ClN3OS. The van der Waals surface area contributed by atoms with Crippen molar-refractivity contribution in [2.75, 3.05) is 13.1 Å². The number of nitrogens with zero attached hydrogens (tertiary/aromatic N) is 2. The van der Waals surface area contributed by atoms with Gasteiger partial charge in [0.15, 0.2) is 0 Å². The molecule has 4 aromatic rings. The minimum atomic E-state index is -0.0647. The average molecular weight is 450 g/mol. The first-order chi connectivity index (χ1) is 15.2. The highest BCUT2D eigenvalue weighted by atomic mass is 35.5. The van der Waals surface area contributed by atoms with Crippen LogP contribution in [0.2, 0.25) is 5.02 Å². The van der Waals surface area contributed by atoms with Crippen LogP contribution in [-0.4, -0.2) is 28.0 Å². The van der Waals surface area contributed by atoms with Crippen molar-refractivity contribution in [3.63, 3.8) is 0 Å². The molecule has 6 heteroatoms. The van der Waals surface area contributed by atoms with Crippen molar-refractivity contribution < 1.29 is 0 Å². The van der Waals surface area contributed by atoms with Crippen LogP contribution in [-0.2, 0) is 13.0 Å². The van der Waals surface area contributed by atoms with Crippen molar-refractivity contribution in [2.24, 2.45) is 5.92 Å². The average Bonchev–Trinajstić information content (AvgIpc) is 3.21. The molecule has 31 heavy (non-hydrogen) atoms. The van der Waals surface area contributed by atoms with E-state index < -0.39 is 0 Å². The summed E-state index contributed by atoms with van der Waals surface area (Å²) in [7, 11) is 0. The summed E-state index contributed by atoms with van der Waals surface area (Å²) in [5.74, 6) is 1.48. The molecule has 0 saturated carbocycles. The van der Waals surface area contributed by atoms with Gasteiger partial charge in [0, 0.05) is 16.0 Å². The predicted molar refractivity (Wildman–Crippen MR) is 129 cm³/mol. The van der Waals surface area contributed by atoms with E-state index in [0.717, 1.165) is 47.2 Å². The van der Waals surface area contributed by atoms with Crippen LogP contribution in [0.3, 0.4) is 0 Å². The molecule has 4 nitrogen and oxygen atoms in total. The number of likely N-dealkylation sites (tertiary alicyclic amines) is 1. The SMILES string of the molecule is O=c1[nH]c(CN2CCC(Cc3ccccc3)CC2)nc2scc(-c3ccc(Cl)cc3)c12. The van der Waals surface area contributed by atoms with E-state index in [9.17, 15) is 4.79 Å². The first-order valence-electron chi connectivity index (χ1n) is 10.7.